The van der Waals surface area contributed by atoms with Crippen LogP contribution in [-0.2, 0) is 14.8 Å². The molecule has 8 heteroatoms. The van der Waals surface area contributed by atoms with Gasteiger partial charge in [-0.05, 0) is 18.6 Å². The molecular weight excluding hydrogens is 323 g/mol. The topological polar surface area (TPSA) is 68.7 Å². The van der Waals surface area contributed by atoms with Crippen LogP contribution in [0.3, 0.4) is 0 Å². The molecular formula is C15H21FN2O4S. The Balaban J connectivity index is 1.61. The van der Waals surface area contributed by atoms with Crippen molar-refractivity contribution < 1.29 is 22.3 Å². The fraction of sp³-hybridized carbons (Fsp3) is 0.667. The first-order valence-electron chi connectivity index (χ1n) is 7.83. The number of halogens is 1. The van der Waals surface area contributed by atoms with Crippen LogP contribution in [-0.4, -0.2) is 54.9 Å². The van der Waals surface area contributed by atoms with E-state index in [4.69, 9.17) is 9.47 Å². The Hall–Kier alpha value is -1.25. The zero-order valence-electron chi connectivity index (χ0n) is 13.1. The Labute approximate surface area is 135 Å². The maximum absolute atomic E-state index is 13.6. The zero-order valence-corrected chi connectivity index (χ0v) is 13.9. The maximum Gasteiger partial charge on any atom is 0.250 e. The summed E-state index contributed by atoms with van der Waals surface area (Å²) in [6.45, 7) is 3.01. The van der Waals surface area contributed by atoms with Gasteiger partial charge in [0.1, 0.15) is 6.10 Å². The summed E-state index contributed by atoms with van der Waals surface area (Å²) >= 11 is 0. The van der Waals surface area contributed by atoms with Crippen LogP contribution in [0.25, 0.3) is 0 Å². The van der Waals surface area contributed by atoms with Crippen molar-refractivity contribution in [2.24, 2.45) is 0 Å². The number of rotatable bonds is 5. The Morgan fingerprint density at radius 3 is 3.00 bits per heavy atom. The molecule has 2 saturated heterocycles. The van der Waals surface area contributed by atoms with E-state index in [-0.39, 0.29) is 17.7 Å². The monoisotopic (exact) mass is 344 g/mol. The van der Waals surface area contributed by atoms with Gasteiger partial charge >= 0.3 is 0 Å². The van der Waals surface area contributed by atoms with E-state index < -0.39 is 21.4 Å². The van der Waals surface area contributed by atoms with Gasteiger partial charge in [0.05, 0.1) is 18.0 Å². The molecule has 3 rings (SSSR count). The number of sulfonamides is 1. The van der Waals surface area contributed by atoms with Crippen molar-refractivity contribution in [1.82, 2.24) is 9.29 Å². The SMILES string of the molecule is CCCS(=O)(=O)N1CC2(C[C@@H](Oc3ncccc3F)CCO2)C1. The molecule has 3 heterocycles. The average Bonchev–Trinajstić information content (AvgIpc) is 2.47. The van der Waals surface area contributed by atoms with Gasteiger partial charge in [0.15, 0.2) is 5.82 Å². The fourth-order valence-electron chi connectivity index (χ4n) is 3.10. The summed E-state index contributed by atoms with van der Waals surface area (Å²) in [5.74, 6) is -0.347. The van der Waals surface area contributed by atoms with Gasteiger partial charge in [0.25, 0.3) is 5.88 Å². The second-order valence-electron chi connectivity index (χ2n) is 6.14. The highest BCUT2D eigenvalue weighted by Gasteiger charge is 2.51. The van der Waals surface area contributed by atoms with Crippen molar-refractivity contribution in [3.8, 4) is 5.88 Å². The van der Waals surface area contributed by atoms with Crippen LogP contribution >= 0.6 is 0 Å². The minimum atomic E-state index is -3.19. The van der Waals surface area contributed by atoms with Gasteiger partial charge in [-0.15, -0.1) is 0 Å². The third kappa shape index (κ3) is 3.49. The van der Waals surface area contributed by atoms with E-state index in [0.29, 0.717) is 39.0 Å². The van der Waals surface area contributed by atoms with Gasteiger partial charge in [-0.1, -0.05) is 6.92 Å². The second kappa shape index (κ2) is 6.33. The van der Waals surface area contributed by atoms with E-state index in [1.54, 1.807) is 0 Å². The van der Waals surface area contributed by atoms with Gasteiger partial charge in [-0.2, -0.15) is 4.31 Å². The van der Waals surface area contributed by atoms with Crippen molar-refractivity contribution in [3.63, 3.8) is 0 Å². The van der Waals surface area contributed by atoms with E-state index in [9.17, 15) is 12.8 Å². The van der Waals surface area contributed by atoms with Gasteiger partial charge in [-0.3, -0.25) is 0 Å². The smallest absolute Gasteiger partial charge is 0.250 e. The van der Waals surface area contributed by atoms with Gasteiger partial charge in [0.2, 0.25) is 10.0 Å². The summed E-state index contributed by atoms with van der Waals surface area (Å²) in [6, 6.07) is 2.82. The summed E-state index contributed by atoms with van der Waals surface area (Å²) in [4.78, 5) is 3.90. The predicted molar refractivity (Wildman–Crippen MR) is 82.2 cm³/mol. The third-order valence-electron chi connectivity index (χ3n) is 4.24. The quantitative estimate of drug-likeness (QED) is 0.811. The van der Waals surface area contributed by atoms with E-state index in [2.05, 4.69) is 4.98 Å². The Morgan fingerprint density at radius 2 is 2.30 bits per heavy atom. The van der Waals surface area contributed by atoms with Gasteiger partial charge in [-0.25, -0.2) is 17.8 Å². The van der Waals surface area contributed by atoms with Crippen LogP contribution in [0.15, 0.2) is 18.3 Å². The first-order valence-corrected chi connectivity index (χ1v) is 9.44. The van der Waals surface area contributed by atoms with Crippen molar-refractivity contribution >= 4 is 10.0 Å². The fourth-order valence-corrected chi connectivity index (χ4v) is 4.74. The molecule has 0 N–H and O–H groups in total. The van der Waals surface area contributed by atoms with Crippen LogP contribution in [0.4, 0.5) is 4.39 Å². The molecule has 128 valence electrons. The molecule has 0 saturated carbocycles. The molecule has 2 fully saturated rings. The van der Waals surface area contributed by atoms with Crippen molar-refractivity contribution in [1.29, 1.82) is 0 Å². The maximum atomic E-state index is 13.6. The number of aromatic nitrogens is 1. The lowest BCUT2D eigenvalue weighted by atomic mass is 9.86. The molecule has 0 radical (unpaired) electrons. The lowest BCUT2D eigenvalue weighted by Gasteiger charge is -2.52. The molecule has 1 atom stereocenters. The van der Waals surface area contributed by atoms with Crippen LogP contribution in [0.1, 0.15) is 26.2 Å². The molecule has 0 bridgehead atoms. The molecule has 0 aliphatic carbocycles. The van der Waals surface area contributed by atoms with E-state index >= 15 is 0 Å². The highest BCUT2D eigenvalue weighted by atomic mass is 32.2. The molecule has 1 aromatic heterocycles. The molecule has 0 amide bonds. The largest absolute Gasteiger partial charge is 0.472 e. The Morgan fingerprint density at radius 1 is 1.52 bits per heavy atom. The van der Waals surface area contributed by atoms with Crippen LogP contribution in [0, 0.1) is 5.82 Å². The Kier molecular flexibility index (Phi) is 4.57. The number of hydrogen-bond acceptors (Lipinski definition) is 5. The molecule has 6 nitrogen and oxygen atoms in total. The summed E-state index contributed by atoms with van der Waals surface area (Å²) in [7, 11) is -3.19. The van der Waals surface area contributed by atoms with Crippen LogP contribution < -0.4 is 4.74 Å². The molecule has 2 aliphatic heterocycles. The van der Waals surface area contributed by atoms with Crippen LogP contribution in [0.2, 0.25) is 0 Å². The minimum absolute atomic E-state index is 0.00988. The zero-order chi connectivity index (χ0) is 16.5. The van der Waals surface area contributed by atoms with Crippen LogP contribution in [0.5, 0.6) is 5.88 Å². The molecule has 23 heavy (non-hydrogen) atoms. The van der Waals surface area contributed by atoms with E-state index in [0.717, 1.165) is 0 Å². The lowest BCUT2D eigenvalue weighted by Crippen LogP contribution is -2.67. The molecule has 1 spiro atoms. The summed E-state index contributed by atoms with van der Waals surface area (Å²) < 4.78 is 50.6. The first-order chi connectivity index (χ1) is 10.9. The third-order valence-corrected chi connectivity index (χ3v) is 6.20. The van der Waals surface area contributed by atoms with Gasteiger partial charge in [0, 0.05) is 32.1 Å². The minimum Gasteiger partial charge on any atom is -0.472 e. The van der Waals surface area contributed by atoms with Crippen molar-refractivity contribution in [2.45, 2.75) is 37.9 Å². The van der Waals surface area contributed by atoms with Crippen molar-refractivity contribution in [3.05, 3.63) is 24.1 Å². The van der Waals surface area contributed by atoms with E-state index in [1.807, 2.05) is 6.92 Å². The first kappa shape index (κ1) is 16.6. The van der Waals surface area contributed by atoms with Gasteiger partial charge < -0.3 is 9.47 Å². The van der Waals surface area contributed by atoms with Crippen molar-refractivity contribution in [2.75, 3.05) is 25.4 Å². The molecule has 0 unspecified atom stereocenters. The number of ether oxygens (including phenoxy) is 2. The summed E-state index contributed by atoms with van der Waals surface area (Å²) in [5.41, 5.74) is -0.505. The highest BCUT2D eigenvalue weighted by molar-refractivity contribution is 7.89. The number of pyridine rings is 1. The molecule has 0 aromatic carbocycles. The molecule has 2 aliphatic rings. The lowest BCUT2D eigenvalue weighted by molar-refractivity contribution is -0.165. The Bertz CT molecular complexity index is 661. The predicted octanol–water partition coefficient (Wildman–Crippen LogP) is 1.57. The summed E-state index contributed by atoms with van der Waals surface area (Å²) in [6.07, 6.45) is 3.04. The number of nitrogens with zero attached hydrogens (tertiary/aromatic N) is 2. The highest BCUT2D eigenvalue weighted by Crippen LogP contribution is 2.37. The number of hydrogen-bond donors (Lipinski definition) is 0. The molecule has 1 aromatic rings. The van der Waals surface area contributed by atoms with E-state index in [1.165, 1.54) is 22.6 Å². The summed E-state index contributed by atoms with van der Waals surface area (Å²) in [5, 5.41) is 0. The normalized spacial score (nSPS) is 24.3. The average molecular weight is 344 g/mol. The second-order valence-corrected chi connectivity index (χ2v) is 8.23. The standard InChI is InChI=1S/C15H21FN2O4S/c1-2-8-23(19,20)18-10-15(11-18)9-12(5-7-21-15)22-14-13(16)4-3-6-17-14/h3-4,6,12H,2,5,7-11H2,1H3/t12-/m0/s1.